The predicted octanol–water partition coefficient (Wildman–Crippen LogP) is 3.74. The van der Waals surface area contributed by atoms with Crippen LogP contribution >= 0.6 is 0 Å². The summed E-state index contributed by atoms with van der Waals surface area (Å²) in [5.74, 6) is 0.948. The van der Waals surface area contributed by atoms with Crippen molar-refractivity contribution in [2.24, 2.45) is 0 Å². The summed E-state index contributed by atoms with van der Waals surface area (Å²) < 4.78 is 16.2. The van der Waals surface area contributed by atoms with E-state index in [-0.39, 0.29) is 17.8 Å². The molecule has 4 rings (SSSR count). The molecule has 0 aliphatic carbocycles. The Morgan fingerprint density at radius 1 is 1.04 bits per heavy atom. The number of amides is 1. The molecule has 0 saturated carbocycles. The van der Waals surface area contributed by atoms with Crippen molar-refractivity contribution in [3.05, 3.63) is 60.2 Å². The Labute approximate surface area is 142 Å². The molecule has 0 saturated heterocycles. The number of carbonyl (C=O) groups is 1. The van der Waals surface area contributed by atoms with Gasteiger partial charge in [0.05, 0.1) is 7.11 Å². The van der Waals surface area contributed by atoms with Crippen molar-refractivity contribution in [1.29, 1.82) is 0 Å². The second-order valence-electron chi connectivity index (χ2n) is 5.24. The monoisotopic (exact) mass is 335 g/mol. The van der Waals surface area contributed by atoms with Crippen LogP contribution in [0.5, 0.6) is 5.75 Å². The zero-order valence-electron chi connectivity index (χ0n) is 13.2. The number of hydrogen-bond acceptors (Lipinski definition) is 6. The maximum Gasteiger partial charge on any atom is 0.322 e. The molecule has 0 aliphatic heterocycles. The SMILES string of the molecule is COc1ccc(C(=O)Nc2nnc(-c3cc4ccccc4o3)o2)cc1. The van der Waals surface area contributed by atoms with Crippen molar-refractivity contribution in [1.82, 2.24) is 10.2 Å². The normalized spacial score (nSPS) is 10.8. The third-order valence-corrected chi connectivity index (χ3v) is 3.63. The molecular formula is C18H13N3O4. The molecule has 1 N–H and O–H groups in total. The van der Waals surface area contributed by atoms with Crippen LogP contribution in [0.2, 0.25) is 0 Å². The second kappa shape index (κ2) is 6.12. The van der Waals surface area contributed by atoms with Crippen LogP contribution in [0.25, 0.3) is 22.6 Å². The molecule has 0 fully saturated rings. The largest absolute Gasteiger partial charge is 0.497 e. The van der Waals surface area contributed by atoms with Gasteiger partial charge in [0.15, 0.2) is 5.76 Å². The van der Waals surface area contributed by atoms with E-state index < -0.39 is 0 Å². The van der Waals surface area contributed by atoms with Gasteiger partial charge in [-0.2, -0.15) is 0 Å². The van der Waals surface area contributed by atoms with Gasteiger partial charge in [-0.05, 0) is 36.4 Å². The summed E-state index contributed by atoms with van der Waals surface area (Å²) >= 11 is 0. The smallest absolute Gasteiger partial charge is 0.322 e. The van der Waals surface area contributed by atoms with Crippen LogP contribution in [-0.2, 0) is 0 Å². The minimum atomic E-state index is -0.359. The summed E-state index contributed by atoms with van der Waals surface area (Å²) in [6.45, 7) is 0. The predicted molar refractivity (Wildman–Crippen MR) is 90.5 cm³/mol. The van der Waals surface area contributed by atoms with Crippen molar-refractivity contribution >= 4 is 22.9 Å². The molecule has 0 radical (unpaired) electrons. The van der Waals surface area contributed by atoms with E-state index in [9.17, 15) is 4.79 Å². The van der Waals surface area contributed by atoms with Crippen LogP contribution in [0, 0.1) is 0 Å². The van der Waals surface area contributed by atoms with Gasteiger partial charge in [-0.25, -0.2) is 0 Å². The van der Waals surface area contributed by atoms with Crippen molar-refractivity contribution in [2.75, 3.05) is 12.4 Å². The number of benzene rings is 2. The maximum atomic E-state index is 12.2. The van der Waals surface area contributed by atoms with E-state index in [0.29, 0.717) is 17.1 Å². The summed E-state index contributed by atoms with van der Waals surface area (Å²) in [6.07, 6.45) is 0. The average Bonchev–Trinajstić information content (AvgIpc) is 3.28. The van der Waals surface area contributed by atoms with Gasteiger partial charge in [-0.3, -0.25) is 10.1 Å². The first-order chi connectivity index (χ1) is 12.2. The third kappa shape index (κ3) is 2.94. The third-order valence-electron chi connectivity index (χ3n) is 3.63. The Kier molecular flexibility index (Phi) is 3.66. The van der Waals surface area contributed by atoms with Gasteiger partial charge in [0.25, 0.3) is 11.8 Å². The highest BCUT2D eigenvalue weighted by molar-refractivity contribution is 6.03. The number of nitrogens with one attached hydrogen (secondary N) is 1. The number of anilines is 1. The van der Waals surface area contributed by atoms with Crippen molar-refractivity contribution in [3.63, 3.8) is 0 Å². The lowest BCUT2D eigenvalue weighted by atomic mass is 10.2. The van der Waals surface area contributed by atoms with E-state index in [2.05, 4.69) is 15.5 Å². The molecule has 7 nitrogen and oxygen atoms in total. The molecule has 0 unspecified atom stereocenters. The van der Waals surface area contributed by atoms with Crippen LogP contribution < -0.4 is 10.1 Å². The van der Waals surface area contributed by atoms with Crippen LogP contribution in [0.4, 0.5) is 6.01 Å². The van der Waals surface area contributed by atoms with Crippen molar-refractivity contribution in [2.45, 2.75) is 0 Å². The van der Waals surface area contributed by atoms with Crippen LogP contribution in [0.3, 0.4) is 0 Å². The summed E-state index contributed by atoms with van der Waals surface area (Å²) in [7, 11) is 1.56. The van der Waals surface area contributed by atoms with E-state index in [4.69, 9.17) is 13.6 Å². The van der Waals surface area contributed by atoms with Gasteiger partial charge < -0.3 is 13.6 Å². The van der Waals surface area contributed by atoms with E-state index >= 15 is 0 Å². The van der Waals surface area contributed by atoms with Gasteiger partial charge in [0.1, 0.15) is 11.3 Å². The first-order valence-electron chi connectivity index (χ1n) is 7.51. The molecule has 0 atom stereocenters. The van der Waals surface area contributed by atoms with Gasteiger partial charge in [-0.15, -0.1) is 5.10 Å². The van der Waals surface area contributed by atoms with Crippen molar-refractivity contribution < 1.29 is 18.4 Å². The molecule has 2 heterocycles. The number of para-hydroxylation sites is 1. The van der Waals surface area contributed by atoms with E-state index in [1.807, 2.05) is 24.3 Å². The summed E-state index contributed by atoms with van der Waals surface area (Å²) in [6, 6.07) is 16.0. The zero-order valence-corrected chi connectivity index (χ0v) is 13.2. The lowest BCUT2D eigenvalue weighted by Gasteiger charge is -2.02. The standard InChI is InChI=1S/C18H13N3O4/c1-23-13-8-6-11(7-9-13)16(22)19-18-21-20-17(25-18)15-10-12-4-2-3-5-14(12)24-15/h2-10H,1H3,(H,19,21,22). The molecule has 0 spiro atoms. The first kappa shape index (κ1) is 14.9. The Hall–Kier alpha value is -3.61. The van der Waals surface area contributed by atoms with E-state index in [0.717, 1.165) is 11.0 Å². The molecule has 4 aromatic rings. The number of furan rings is 1. The number of carbonyl (C=O) groups excluding carboxylic acids is 1. The summed E-state index contributed by atoms with van der Waals surface area (Å²) in [5.41, 5.74) is 1.17. The van der Waals surface area contributed by atoms with Crippen LogP contribution in [0.15, 0.2) is 63.4 Å². The summed E-state index contributed by atoms with van der Waals surface area (Å²) in [5, 5.41) is 11.2. The number of ether oxygens (including phenoxy) is 1. The summed E-state index contributed by atoms with van der Waals surface area (Å²) in [4.78, 5) is 12.2. The molecule has 0 aliphatic rings. The Balaban J connectivity index is 1.53. The van der Waals surface area contributed by atoms with Gasteiger partial charge in [0.2, 0.25) is 0 Å². The zero-order chi connectivity index (χ0) is 17.2. The highest BCUT2D eigenvalue weighted by atomic mass is 16.5. The Morgan fingerprint density at radius 2 is 1.84 bits per heavy atom. The quantitative estimate of drug-likeness (QED) is 0.611. The minimum Gasteiger partial charge on any atom is -0.497 e. The van der Waals surface area contributed by atoms with E-state index in [1.54, 1.807) is 37.4 Å². The fraction of sp³-hybridized carbons (Fsp3) is 0.0556. The van der Waals surface area contributed by atoms with E-state index in [1.165, 1.54) is 0 Å². The molecule has 2 aromatic heterocycles. The van der Waals surface area contributed by atoms with Gasteiger partial charge in [0, 0.05) is 10.9 Å². The van der Waals surface area contributed by atoms with Crippen LogP contribution in [0.1, 0.15) is 10.4 Å². The van der Waals surface area contributed by atoms with Gasteiger partial charge >= 0.3 is 6.01 Å². The van der Waals surface area contributed by atoms with Crippen LogP contribution in [-0.4, -0.2) is 23.2 Å². The number of rotatable bonds is 4. The number of nitrogens with zero attached hydrogens (tertiary/aromatic N) is 2. The maximum absolute atomic E-state index is 12.2. The van der Waals surface area contributed by atoms with Crippen molar-refractivity contribution in [3.8, 4) is 17.4 Å². The molecular weight excluding hydrogens is 322 g/mol. The first-order valence-corrected chi connectivity index (χ1v) is 7.51. The number of hydrogen-bond donors (Lipinski definition) is 1. The molecule has 25 heavy (non-hydrogen) atoms. The number of fused-ring (bicyclic) bond motifs is 1. The van der Waals surface area contributed by atoms with Gasteiger partial charge in [-0.1, -0.05) is 23.3 Å². The lowest BCUT2D eigenvalue weighted by molar-refractivity contribution is 0.102. The second-order valence-corrected chi connectivity index (χ2v) is 5.24. The Bertz CT molecular complexity index is 1000. The lowest BCUT2D eigenvalue weighted by Crippen LogP contribution is -2.11. The Morgan fingerprint density at radius 3 is 2.60 bits per heavy atom. The fourth-order valence-corrected chi connectivity index (χ4v) is 2.37. The highest BCUT2D eigenvalue weighted by Crippen LogP contribution is 2.27. The molecule has 0 bridgehead atoms. The number of aromatic nitrogens is 2. The fourth-order valence-electron chi connectivity index (χ4n) is 2.37. The molecule has 2 aromatic carbocycles. The molecule has 124 valence electrons. The number of methoxy groups -OCH3 is 1. The topological polar surface area (TPSA) is 90.4 Å². The molecule has 1 amide bonds. The molecule has 7 heteroatoms. The minimum absolute atomic E-state index is 0.00345. The highest BCUT2D eigenvalue weighted by Gasteiger charge is 2.15. The average molecular weight is 335 g/mol.